The van der Waals surface area contributed by atoms with Gasteiger partial charge in [0.25, 0.3) is 10.1 Å². The van der Waals surface area contributed by atoms with E-state index in [9.17, 15) is 21.6 Å². The van der Waals surface area contributed by atoms with Crippen LogP contribution in [0, 0.1) is 6.92 Å². The highest BCUT2D eigenvalue weighted by Crippen LogP contribution is 2.17. The maximum Gasteiger partial charge on any atom is 0.405 e. The quantitative estimate of drug-likeness (QED) is 0.710. The molecule has 0 saturated carbocycles. The fourth-order valence-electron chi connectivity index (χ4n) is 0.814. The van der Waals surface area contributed by atoms with Crippen molar-refractivity contribution < 1.29 is 31.2 Å². The Hall–Kier alpha value is -1.16. The van der Waals surface area contributed by atoms with Crippen LogP contribution in [0.1, 0.15) is 5.56 Å². The molecule has 110 valence electrons. The number of rotatable bonds is 2. The second-order valence-electron chi connectivity index (χ2n) is 3.62. The van der Waals surface area contributed by atoms with E-state index in [1.807, 2.05) is 6.92 Å². The van der Waals surface area contributed by atoms with Crippen molar-refractivity contribution in [1.82, 2.24) is 0 Å². The minimum Gasteiger partial charge on any atom is -0.394 e. The summed E-state index contributed by atoms with van der Waals surface area (Å²) in [6, 6.07) is 3.89. The van der Waals surface area contributed by atoms with Gasteiger partial charge in [-0.25, -0.2) is 0 Å². The summed E-state index contributed by atoms with van der Waals surface area (Å²) >= 11 is 0. The van der Waals surface area contributed by atoms with E-state index in [1.54, 1.807) is 12.1 Å². The predicted octanol–water partition coefficient (Wildman–Crippen LogP) is 1.11. The van der Waals surface area contributed by atoms with Gasteiger partial charge in [-0.1, -0.05) is 17.7 Å². The van der Waals surface area contributed by atoms with Gasteiger partial charge >= 0.3 is 6.18 Å². The molecular weight excluding hydrogens is 287 g/mol. The van der Waals surface area contributed by atoms with Gasteiger partial charge in [0.15, 0.2) is 0 Å². The zero-order valence-corrected chi connectivity index (χ0v) is 10.7. The minimum atomic E-state index is -4.46. The number of alkyl halides is 3. The molecule has 1 aromatic carbocycles. The lowest BCUT2D eigenvalue weighted by Crippen LogP contribution is -2.40. The smallest absolute Gasteiger partial charge is 0.394 e. The molecule has 9 heteroatoms. The van der Waals surface area contributed by atoms with E-state index in [2.05, 4.69) is 5.73 Å². The maximum absolute atomic E-state index is 11.2. The summed E-state index contributed by atoms with van der Waals surface area (Å²) in [6.45, 7) is 0.789. The van der Waals surface area contributed by atoms with E-state index in [0.717, 1.165) is 5.56 Å². The van der Waals surface area contributed by atoms with Crippen LogP contribution >= 0.6 is 0 Å². The summed E-state index contributed by atoms with van der Waals surface area (Å²) in [5.74, 6) is 0. The monoisotopic (exact) mass is 301 g/mol. The maximum atomic E-state index is 11.2. The number of halogens is 3. The van der Waals surface area contributed by atoms with Crippen LogP contribution in [-0.2, 0) is 10.1 Å². The van der Waals surface area contributed by atoms with Crippen LogP contribution in [-0.4, -0.2) is 36.9 Å². The van der Waals surface area contributed by atoms with E-state index in [0.29, 0.717) is 0 Å². The van der Waals surface area contributed by atoms with E-state index in [4.69, 9.17) is 9.66 Å². The Morgan fingerprint density at radius 2 is 1.68 bits per heavy atom. The third kappa shape index (κ3) is 7.11. The van der Waals surface area contributed by atoms with E-state index in [-0.39, 0.29) is 4.90 Å². The number of aliphatic hydroxyl groups excluding tert-OH is 1. The number of benzene rings is 1. The molecule has 0 amide bonds. The Morgan fingerprint density at radius 1 is 1.26 bits per heavy atom. The molecule has 1 unspecified atom stereocenters. The SMILES string of the molecule is Cc1ccc(S(=O)(=O)O)cc1.NC(CO)C(F)(F)F. The average molecular weight is 301 g/mol. The van der Waals surface area contributed by atoms with Gasteiger partial charge in [-0.3, -0.25) is 4.55 Å². The van der Waals surface area contributed by atoms with Gasteiger partial charge < -0.3 is 10.8 Å². The van der Waals surface area contributed by atoms with Crippen LogP contribution in [0.2, 0.25) is 0 Å². The summed E-state index contributed by atoms with van der Waals surface area (Å²) < 4.78 is 63.0. The predicted molar refractivity (Wildman–Crippen MR) is 62.1 cm³/mol. The van der Waals surface area contributed by atoms with Crippen molar-refractivity contribution in [3.63, 3.8) is 0 Å². The lowest BCUT2D eigenvalue weighted by Gasteiger charge is -2.10. The zero-order valence-electron chi connectivity index (χ0n) is 9.92. The topological polar surface area (TPSA) is 101 Å². The first kappa shape index (κ1) is 17.8. The average Bonchev–Trinajstić information content (AvgIpc) is 2.27. The molecule has 0 aromatic heterocycles. The normalized spacial score (nSPS) is 13.4. The van der Waals surface area contributed by atoms with Crippen molar-refractivity contribution in [3.05, 3.63) is 29.8 Å². The van der Waals surface area contributed by atoms with Gasteiger partial charge in [-0.05, 0) is 19.1 Å². The first-order chi connectivity index (χ1) is 8.48. The van der Waals surface area contributed by atoms with Gasteiger partial charge in [-0.15, -0.1) is 0 Å². The molecule has 0 bridgehead atoms. The molecule has 1 atom stereocenters. The van der Waals surface area contributed by atoms with Crippen molar-refractivity contribution in [2.75, 3.05) is 6.61 Å². The van der Waals surface area contributed by atoms with Gasteiger partial charge in [0.1, 0.15) is 6.04 Å². The molecule has 19 heavy (non-hydrogen) atoms. The molecule has 0 fully saturated rings. The highest BCUT2D eigenvalue weighted by atomic mass is 32.2. The largest absolute Gasteiger partial charge is 0.405 e. The molecule has 0 aliphatic heterocycles. The Morgan fingerprint density at radius 3 is 1.89 bits per heavy atom. The van der Waals surface area contributed by atoms with Crippen molar-refractivity contribution in [2.24, 2.45) is 5.73 Å². The standard InChI is InChI=1S/C7H8O3S.C3H6F3NO/c1-6-2-4-7(5-3-6)11(8,9)10;4-3(5,6)2(7)1-8/h2-5H,1H3,(H,8,9,10);2,8H,1,7H2. The zero-order chi connectivity index (χ0) is 15.3. The van der Waals surface area contributed by atoms with Crippen LogP contribution in [0.15, 0.2) is 29.2 Å². The lowest BCUT2D eigenvalue weighted by molar-refractivity contribution is -0.154. The Balaban J connectivity index is 0.000000362. The summed E-state index contributed by atoms with van der Waals surface area (Å²) in [5, 5.41) is 7.83. The molecular formula is C10H14F3NO4S. The first-order valence-electron chi connectivity index (χ1n) is 4.95. The number of aryl methyl sites for hydroxylation is 1. The van der Waals surface area contributed by atoms with Crippen molar-refractivity contribution in [1.29, 1.82) is 0 Å². The van der Waals surface area contributed by atoms with Crippen molar-refractivity contribution >= 4 is 10.1 Å². The van der Waals surface area contributed by atoms with Crippen LogP contribution in [0.25, 0.3) is 0 Å². The Labute approximate surface area is 108 Å². The number of aliphatic hydroxyl groups is 1. The second-order valence-corrected chi connectivity index (χ2v) is 5.04. The van der Waals surface area contributed by atoms with Crippen molar-refractivity contribution in [2.45, 2.75) is 24.0 Å². The number of nitrogens with two attached hydrogens (primary N) is 1. The van der Waals surface area contributed by atoms with Gasteiger partial charge in [0.2, 0.25) is 0 Å². The van der Waals surface area contributed by atoms with Crippen LogP contribution in [0.4, 0.5) is 13.2 Å². The van der Waals surface area contributed by atoms with Crippen LogP contribution in [0.5, 0.6) is 0 Å². The van der Waals surface area contributed by atoms with E-state index < -0.39 is 28.9 Å². The van der Waals surface area contributed by atoms with Gasteiger partial charge in [0, 0.05) is 0 Å². The molecule has 0 radical (unpaired) electrons. The molecule has 0 spiro atoms. The minimum absolute atomic E-state index is 0.0666. The molecule has 1 aromatic rings. The van der Waals surface area contributed by atoms with Gasteiger partial charge in [0.05, 0.1) is 11.5 Å². The van der Waals surface area contributed by atoms with Crippen molar-refractivity contribution in [3.8, 4) is 0 Å². The highest BCUT2D eigenvalue weighted by molar-refractivity contribution is 7.85. The Kier molecular flexibility index (Phi) is 6.43. The molecule has 0 aliphatic rings. The lowest BCUT2D eigenvalue weighted by atomic mass is 10.2. The summed E-state index contributed by atoms with van der Waals surface area (Å²) in [4.78, 5) is -0.0666. The van der Waals surface area contributed by atoms with Crippen LogP contribution < -0.4 is 5.73 Å². The molecule has 1 rings (SSSR count). The first-order valence-corrected chi connectivity index (χ1v) is 6.39. The summed E-state index contributed by atoms with van der Waals surface area (Å²) in [6.07, 6.45) is -4.46. The van der Waals surface area contributed by atoms with E-state index in [1.165, 1.54) is 12.1 Å². The molecule has 0 heterocycles. The molecule has 5 nitrogen and oxygen atoms in total. The third-order valence-corrected chi connectivity index (χ3v) is 2.80. The van der Waals surface area contributed by atoms with E-state index >= 15 is 0 Å². The number of hydrogen-bond donors (Lipinski definition) is 3. The fourth-order valence-corrected chi connectivity index (χ4v) is 1.29. The molecule has 4 N–H and O–H groups in total. The molecule has 0 saturated heterocycles. The fraction of sp³-hybridized carbons (Fsp3) is 0.400. The summed E-state index contributed by atoms with van der Waals surface area (Å²) in [5.41, 5.74) is 5.33. The molecule has 0 aliphatic carbocycles. The summed E-state index contributed by atoms with van der Waals surface area (Å²) in [7, 11) is -4.02. The van der Waals surface area contributed by atoms with Crippen LogP contribution in [0.3, 0.4) is 0 Å². The highest BCUT2D eigenvalue weighted by Gasteiger charge is 2.35. The second kappa shape index (κ2) is 6.85. The Bertz CT molecular complexity index is 484. The third-order valence-electron chi connectivity index (χ3n) is 1.94. The van der Waals surface area contributed by atoms with Gasteiger partial charge in [-0.2, -0.15) is 21.6 Å². The number of hydrogen-bond acceptors (Lipinski definition) is 4.